The van der Waals surface area contributed by atoms with Crippen molar-refractivity contribution in [2.24, 2.45) is 5.16 Å². The van der Waals surface area contributed by atoms with Crippen LogP contribution in [0.5, 0.6) is 0 Å². The summed E-state index contributed by atoms with van der Waals surface area (Å²) >= 11 is 0. The van der Waals surface area contributed by atoms with Crippen LogP contribution in [-0.4, -0.2) is 23.9 Å². The summed E-state index contributed by atoms with van der Waals surface area (Å²) in [4.78, 5) is 0. The van der Waals surface area contributed by atoms with E-state index >= 15 is 0 Å². The monoisotopic (exact) mass is 251 g/mol. The van der Waals surface area contributed by atoms with Crippen LogP contribution >= 0.6 is 7.60 Å². The highest BCUT2D eigenvalue weighted by atomic mass is 31.2. The molecule has 0 aliphatic heterocycles. The predicted molar refractivity (Wildman–Crippen MR) is 64.2 cm³/mol. The second-order valence-electron chi connectivity index (χ2n) is 3.31. The van der Waals surface area contributed by atoms with Crippen molar-refractivity contribution in [2.45, 2.75) is 46.5 Å². The minimum absolute atomic E-state index is 0.129. The molecule has 0 spiro atoms. The lowest BCUT2D eigenvalue weighted by Gasteiger charge is -2.17. The van der Waals surface area contributed by atoms with E-state index in [-0.39, 0.29) is 18.7 Å². The van der Waals surface area contributed by atoms with Gasteiger partial charge in [-0.05, 0) is 20.3 Å². The third-order valence-electron chi connectivity index (χ3n) is 2.03. The summed E-state index contributed by atoms with van der Waals surface area (Å²) in [6.45, 7) is 6.06. The van der Waals surface area contributed by atoms with Crippen molar-refractivity contribution >= 4 is 13.0 Å². The van der Waals surface area contributed by atoms with Gasteiger partial charge in [0.05, 0.1) is 13.2 Å². The van der Waals surface area contributed by atoms with E-state index in [1.54, 1.807) is 13.8 Å². The van der Waals surface area contributed by atoms with Crippen LogP contribution in [0.4, 0.5) is 0 Å². The van der Waals surface area contributed by atoms with E-state index < -0.39 is 7.60 Å². The zero-order chi connectivity index (χ0) is 12.4. The Morgan fingerprint density at radius 3 is 2.12 bits per heavy atom. The van der Waals surface area contributed by atoms with Crippen LogP contribution in [0.3, 0.4) is 0 Å². The first-order valence-corrected chi connectivity index (χ1v) is 7.29. The van der Waals surface area contributed by atoms with Crippen molar-refractivity contribution in [1.82, 2.24) is 0 Å². The van der Waals surface area contributed by atoms with Gasteiger partial charge < -0.3 is 14.3 Å². The van der Waals surface area contributed by atoms with E-state index in [0.29, 0.717) is 6.42 Å². The first-order valence-electron chi connectivity index (χ1n) is 5.75. The van der Waals surface area contributed by atoms with Gasteiger partial charge in [0.25, 0.3) is 0 Å². The third-order valence-corrected chi connectivity index (χ3v) is 4.18. The second kappa shape index (κ2) is 8.74. The molecule has 5 nitrogen and oxygen atoms in total. The number of hydrogen-bond acceptors (Lipinski definition) is 5. The molecule has 0 aliphatic carbocycles. The molecule has 0 aromatic heterocycles. The Balaban J connectivity index is 4.53. The summed E-state index contributed by atoms with van der Waals surface area (Å²) in [5, 5.41) is 11.9. The minimum Gasteiger partial charge on any atom is -0.410 e. The number of nitrogens with zero attached hydrogens (tertiary/aromatic N) is 1. The highest BCUT2D eigenvalue weighted by Gasteiger charge is 2.31. The van der Waals surface area contributed by atoms with Crippen LogP contribution in [-0.2, 0) is 13.6 Å². The predicted octanol–water partition coefficient (Wildman–Crippen LogP) is 3.62. The van der Waals surface area contributed by atoms with Gasteiger partial charge in [0.15, 0.2) is 5.45 Å². The van der Waals surface area contributed by atoms with Crippen molar-refractivity contribution in [3.8, 4) is 0 Å². The van der Waals surface area contributed by atoms with Gasteiger partial charge in [-0.2, -0.15) is 0 Å². The van der Waals surface area contributed by atoms with E-state index in [1.807, 2.05) is 0 Å². The Labute approximate surface area is 97.4 Å². The molecular weight excluding hydrogens is 229 g/mol. The molecule has 16 heavy (non-hydrogen) atoms. The quantitative estimate of drug-likeness (QED) is 0.223. The van der Waals surface area contributed by atoms with Gasteiger partial charge in [0, 0.05) is 6.42 Å². The van der Waals surface area contributed by atoms with Gasteiger partial charge in [-0.15, -0.1) is 0 Å². The highest BCUT2D eigenvalue weighted by Crippen LogP contribution is 2.50. The molecule has 0 amide bonds. The van der Waals surface area contributed by atoms with Gasteiger partial charge in [-0.25, -0.2) is 0 Å². The van der Waals surface area contributed by atoms with E-state index in [2.05, 4.69) is 12.1 Å². The van der Waals surface area contributed by atoms with Gasteiger partial charge in [-0.1, -0.05) is 24.9 Å². The molecule has 0 aromatic carbocycles. The van der Waals surface area contributed by atoms with Crippen molar-refractivity contribution in [1.29, 1.82) is 0 Å². The Morgan fingerprint density at radius 2 is 1.75 bits per heavy atom. The molecule has 0 radical (unpaired) electrons. The molecule has 0 bridgehead atoms. The molecule has 6 heteroatoms. The number of oxime groups is 1. The topological polar surface area (TPSA) is 68.1 Å². The molecule has 0 saturated heterocycles. The SMILES string of the molecule is CCCCCC(=NO)P(=O)(OCC)OCC. The number of rotatable bonds is 9. The van der Waals surface area contributed by atoms with E-state index in [0.717, 1.165) is 19.3 Å². The first-order chi connectivity index (χ1) is 7.64. The smallest absolute Gasteiger partial charge is 0.378 e. The van der Waals surface area contributed by atoms with Crippen molar-refractivity contribution in [3.05, 3.63) is 0 Å². The van der Waals surface area contributed by atoms with Gasteiger partial charge in [-0.3, -0.25) is 4.57 Å². The standard InChI is InChI=1S/C10H22NO4P/c1-4-7-8-9-10(11-12)16(13,14-5-2)15-6-3/h12H,4-9H2,1-3H3. The number of unbranched alkanes of at least 4 members (excludes halogenated alkanes) is 2. The van der Waals surface area contributed by atoms with Crippen molar-refractivity contribution in [3.63, 3.8) is 0 Å². The first kappa shape index (κ1) is 15.6. The Hall–Kier alpha value is -0.380. The summed E-state index contributed by atoms with van der Waals surface area (Å²) < 4.78 is 22.4. The zero-order valence-electron chi connectivity index (χ0n) is 10.3. The lowest BCUT2D eigenvalue weighted by Crippen LogP contribution is -2.07. The van der Waals surface area contributed by atoms with Crippen LogP contribution in [0.2, 0.25) is 0 Å². The van der Waals surface area contributed by atoms with Crippen LogP contribution in [0.1, 0.15) is 46.5 Å². The highest BCUT2D eigenvalue weighted by molar-refractivity contribution is 7.72. The third kappa shape index (κ3) is 5.10. The van der Waals surface area contributed by atoms with Gasteiger partial charge in [0.2, 0.25) is 0 Å². The van der Waals surface area contributed by atoms with E-state index in [1.165, 1.54) is 0 Å². The fourth-order valence-corrected chi connectivity index (χ4v) is 2.89. The van der Waals surface area contributed by atoms with E-state index in [9.17, 15) is 4.57 Å². The molecular formula is C10H22NO4P. The second-order valence-corrected chi connectivity index (χ2v) is 5.33. The van der Waals surface area contributed by atoms with Crippen LogP contribution in [0, 0.1) is 0 Å². The minimum atomic E-state index is -3.37. The summed E-state index contributed by atoms with van der Waals surface area (Å²) in [6.07, 6.45) is 3.31. The average molecular weight is 251 g/mol. The van der Waals surface area contributed by atoms with Crippen molar-refractivity contribution < 1.29 is 18.8 Å². The molecule has 1 N–H and O–H groups in total. The maximum absolute atomic E-state index is 12.2. The molecule has 0 aliphatic rings. The fraction of sp³-hybridized carbons (Fsp3) is 0.900. The molecule has 0 rings (SSSR count). The van der Waals surface area contributed by atoms with Crippen LogP contribution in [0.25, 0.3) is 0 Å². The average Bonchev–Trinajstić information content (AvgIpc) is 2.25. The van der Waals surface area contributed by atoms with Gasteiger partial charge in [0.1, 0.15) is 0 Å². The number of hydrogen-bond donors (Lipinski definition) is 1. The normalized spacial score (nSPS) is 13.1. The van der Waals surface area contributed by atoms with Crippen molar-refractivity contribution in [2.75, 3.05) is 13.2 Å². The Kier molecular flexibility index (Phi) is 8.53. The summed E-state index contributed by atoms with van der Waals surface area (Å²) in [7, 11) is -3.37. The molecule has 0 fully saturated rings. The Bertz CT molecular complexity index is 245. The van der Waals surface area contributed by atoms with E-state index in [4.69, 9.17) is 14.3 Å². The molecule has 0 saturated carbocycles. The summed E-state index contributed by atoms with van der Waals surface area (Å²) in [5.74, 6) is 0. The lowest BCUT2D eigenvalue weighted by atomic mass is 10.2. The van der Waals surface area contributed by atoms with Gasteiger partial charge >= 0.3 is 7.60 Å². The Morgan fingerprint density at radius 1 is 1.19 bits per heavy atom. The summed E-state index contributed by atoms with van der Waals surface area (Å²) in [6, 6.07) is 0. The molecule has 0 heterocycles. The maximum atomic E-state index is 12.2. The fourth-order valence-electron chi connectivity index (χ4n) is 1.30. The molecule has 0 atom stereocenters. The molecule has 0 unspecified atom stereocenters. The summed E-state index contributed by atoms with van der Waals surface area (Å²) in [5.41, 5.74) is 0.129. The molecule has 0 aromatic rings. The van der Waals surface area contributed by atoms with Crippen LogP contribution < -0.4 is 0 Å². The largest absolute Gasteiger partial charge is 0.410 e. The molecule has 96 valence electrons. The zero-order valence-corrected chi connectivity index (χ0v) is 11.2. The van der Waals surface area contributed by atoms with Crippen LogP contribution in [0.15, 0.2) is 5.16 Å². The maximum Gasteiger partial charge on any atom is 0.378 e. The lowest BCUT2D eigenvalue weighted by molar-refractivity contribution is 0.229.